The van der Waals surface area contributed by atoms with Crippen LogP contribution in [0.4, 0.5) is 26.3 Å². The van der Waals surface area contributed by atoms with Gasteiger partial charge in [0.1, 0.15) is 6.23 Å². The lowest BCUT2D eigenvalue weighted by molar-refractivity contribution is -0.292. The Morgan fingerprint density at radius 3 is 2.10 bits per heavy atom. The normalized spacial score (nSPS) is 37.3. The first kappa shape index (κ1) is 24.7. The van der Waals surface area contributed by atoms with Crippen LogP contribution in [-0.4, -0.2) is 42.2 Å². The third-order valence-corrected chi connectivity index (χ3v) is 7.27. The maximum atomic E-state index is 14.6. The summed E-state index contributed by atoms with van der Waals surface area (Å²) in [4.78, 5) is 0. The zero-order valence-electron chi connectivity index (χ0n) is 17.1. The molecule has 4 N–H and O–H groups in total. The molecule has 9 heteroatoms. The van der Waals surface area contributed by atoms with Gasteiger partial charge in [0.25, 0.3) is 12.1 Å². The van der Waals surface area contributed by atoms with Crippen molar-refractivity contribution >= 4 is 0 Å². The Labute approximate surface area is 168 Å². The third kappa shape index (κ3) is 5.21. The molecule has 0 saturated heterocycles. The SMILES string of the molecule is CCC1CC(C(F)(C(F)F)C(F)(F)F)CC(C)C1NC(O)C1CCC(CN)CC1. The van der Waals surface area contributed by atoms with Gasteiger partial charge < -0.3 is 10.8 Å². The van der Waals surface area contributed by atoms with E-state index < -0.39 is 42.3 Å². The van der Waals surface area contributed by atoms with E-state index in [1.165, 1.54) is 0 Å². The molecule has 2 saturated carbocycles. The van der Waals surface area contributed by atoms with Crippen molar-refractivity contribution < 1.29 is 31.4 Å². The first-order chi connectivity index (χ1) is 13.4. The van der Waals surface area contributed by atoms with E-state index in [9.17, 15) is 31.4 Å². The van der Waals surface area contributed by atoms with Crippen molar-refractivity contribution in [3.63, 3.8) is 0 Å². The maximum absolute atomic E-state index is 14.6. The van der Waals surface area contributed by atoms with E-state index in [0.29, 0.717) is 18.9 Å². The quantitative estimate of drug-likeness (QED) is 0.406. The number of halogens is 6. The summed E-state index contributed by atoms with van der Waals surface area (Å²) < 4.78 is 80.5. The van der Waals surface area contributed by atoms with Crippen molar-refractivity contribution in [1.82, 2.24) is 5.32 Å². The first-order valence-corrected chi connectivity index (χ1v) is 10.6. The van der Waals surface area contributed by atoms with Gasteiger partial charge in [0.15, 0.2) is 0 Å². The molecule has 0 heterocycles. The molecular formula is C20H34F6N2O. The largest absolute Gasteiger partial charge is 0.428 e. The molecule has 2 fully saturated rings. The van der Waals surface area contributed by atoms with Gasteiger partial charge in [0.05, 0.1) is 0 Å². The van der Waals surface area contributed by atoms with Crippen LogP contribution >= 0.6 is 0 Å². The zero-order valence-corrected chi connectivity index (χ0v) is 17.1. The number of aliphatic hydroxyl groups excluding tert-OH is 1. The molecule has 0 aromatic heterocycles. The monoisotopic (exact) mass is 432 g/mol. The highest BCUT2D eigenvalue weighted by Gasteiger charge is 2.67. The Hall–Kier alpha value is -0.540. The van der Waals surface area contributed by atoms with Crippen LogP contribution in [0.5, 0.6) is 0 Å². The molecule has 3 nitrogen and oxygen atoms in total. The van der Waals surface area contributed by atoms with Gasteiger partial charge >= 0.3 is 6.18 Å². The number of aliphatic hydroxyl groups is 1. The second kappa shape index (κ2) is 9.73. The molecule has 0 spiro atoms. The molecule has 0 aromatic rings. The highest BCUT2D eigenvalue weighted by atomic mass is 19.4. The predicted molar refractivity (Wildman–Crippen MR) is 99.0 cm³/mol. The van der Waals surface area contributed by atoms with E-state index in [4.69, 9.17) is 5.73 Å². The maximum Gasteiger partial charge on any atom is 0.428 e. The van der Waals surface area contributed by atoms with Crippen molar-refractivity contribution in [3.05, 3.63) is 0 Å². The zero-order chi connectivity index (χ0) is 22.0. The molecular weight excluding hydrogens is 398 g/mol. The number of alkyl halides is 6. The van der Waals surface area contributed by atoms with Crippen LogP contribution in [0.3, 0.4) is 0 Å². The van der Waals surface area contributed by atoms with Crippen molar-refractivity contribution in [2.24, 2.45) is 35.3 Å². The van der Waals surface area contributed by atoms with Gasteiger partial charge in [-0.1, -0.05) is 20.3 Å². The summed E-state index contributed by atoms with van der Waals surface area (Å²) in [5.41, 5.74) is 1.19. The summed E-state index contributed by atoms with van der Waals surface area (Å²) >= 11 is 0. The van der Waals surface area contributed by atoms with Crippen LogP contribution < -0.4 is 11.1 Å². The van der Waals surface area contributed by atoms with E-state index in [1.54, 1.807) is 13.8 Å². The van der Waals surface area contributed by atoms with Crippen LogP contribution in [0.25, 0.3) is 0 Å². The Balaban J connectivity index is 2.07. The fraction of sp³-hybridized carbons (Fsp3) is 1.00. The van der Waals surface area contributed by atoms with Gasteiger partial charge in [-0.25, -0.2) is 13.2 Å². The van der Waals surface area contributed by atoms with E-state index >= 15 is 0 Å². The summed E-state index contributed by atoms with van der Waals surface area (Å²) in [7, 11) is 0. The second-order valence-corrected chi connectivity index (χ2v) is 9.03. The lowest BCUT2D eigenvalue weighted by Crippen LogP contribution is -2.59. The van der Waals surface area contributed by atoms with Crippen LogP contribution in [0.2, 0.25) is 0 Å². The molecule has 2 rings (SSSR count). The molecule has 29 heavy (non-hydrogen) atoms. The molecule has 0 aliphatic heterocycles. The molecule has 0 amide bonds. The summed E-state index contributed by atoms with van der Waals surface area (Å²) in [5, 5.41) is 13.8. The predicted octanol–water partition coefficient (Wildman–Crippen LogP) is 4.64. The van der Waals surface area contributed by atoms with Crippen molar-refractivity contribution in [2.75, 3.05) is 6.54 Å². The molecule has 6 unspecified atom stereocenters. The summed E-state index contributed by atoms with van der Waals surface area (Å²) in [6.45, 7) is 4.01. The average molecular weight is 432 g/mol. The lowest BCUT2D eigenvalue weighted by Gasteiger charge is -2.47. The standard InChI is InChI=1S/C20H34F6N2O/c1-3-13-9-15(19(23,18(21)22)20(24,25)26)8-11(2)16(13)28-17(29)14-6-4-12(10-27)5-7-14/h11-18,28-29H,3-10,27H2,1-2H3. The van der Waals surface area contributed by atoms with Crippen LogP contribution in [0.15, 0.2) is 0 Å². The molecule has 2 aliphatic carbocycles. The first-order valence-electron chi connectivity index (χ1n) is 10.6. The van der Waals surface area contributed by atoms with Gasteiger partial charge in [-0.05, 0) is 68.7 Å². The van der Waals surface area contributed by atoms with Gasteiger partial charge in [-0.3, -0.25) is 5.32 Å². The second-order valence-electron chi connectivity index (χ2n) is 9.03. The van der Waals surface area contributed by atoms with Crippen LogP contribution in [0.1, 0.15) is 58.8 Å². The van der Waals surface area contributed by atoms with Crippen molar-refractivity contribution in [1.29, 1.82) is 0 Å². The summed E-state index contributed by atoms with van der Waals surface area (Å²) in [6.07, 6.45) is -7.27. The number of hydrogen-bond acceptors (Lipinski definition) is 3. The minimum absolute atomic E-state index is 0.0248. The van der Waals surface area contributed by atoms with E-state index in [1.807, 2.05) is 0 Å². The van der Waals surface area contributed by atoms with E-state index in [2.05, 4.69) is 5.32 Å². The Bertz CT molecular complexity index is 512. The molecule has 2 aliphatic rings. The fourth-order valence-corrected chi connectivity index (χ4v) is 5.34. The molecule has 0 bridgehead atoms. The highest BCUT2D eigenvalue weighted by molar-refractivity contribution is 5.02. The third-order valence-electron chi connectivity index (χ3n) is 7.27. The number of nitrogens with one attached hydrogen (secondary N) is 1. The Morgan fingerprint density at radius 2 is 1.66 bits per heavy atom. The fourth-order valence-electron chi connectivity index (χ4n) is 5.34. The van der Waals surface area contributed by atoms with Gasteiger partial charge in [0, 0.05) is 12.0 Å². The molecule has 6 atom stereocenters. The topological polar surface area (TPSA) is 58.3 Å². The van der Waals surface area contributed by atoms with Gasteiger partial charge in [-0.15, -0.1) is 0 Å². The molecule has 0 radical (unpaired) electrons. The highest BCUT2D eigenvalue weighted by Crippen LogP contribution is 2.51. The van der Waals surface area contributed by atoms with Crippen LogP contribution in [0, 0.1) is 29.6 Å². The minimum Gasteiger partial charge on any atom is -0.378 e. The smallest absolute Gasteiger partial charge is 0.378 e. The molecule has 172 valence electrons. The summed E-state index contributed by atoms with van der Waals surface area (Å²) in [6, 6.07) is -0.339. The number of nitrogens with two attached hydrogens (primary N) is 1. The lowest BCUT2D eigenvalue weighted by atomic mass is 9.66. The average Bonchev–Trinajstić information content (AvgIpc) is 2.67. The molecule has 0 aromatic carbocycles. The van der Waals surface area contributed by atoms with E-state index in [-0.39, 0.29) is 24.8 Å². The summed E-state index contributed by atoms with van der Waals surface area (Å²) in [5.74, 6) is -2.21. The Kier molecular flexibility index (Phi) is 8.29. The van der Waals surface area contributed by atoms with Crippen molar-refractivity contribution in [3.8, 4) is 0 Å². The van der Waals surface area contributed by atoms with E-state index in [0.717, 1.165) is 25.7 Å². The number of hydrogen-bond donors (Lipinski definition) is 3. The minimum atomic E-state index is -5.62. The van der Waals surface area contributed by atoms with Crippen molar-refractivity contribution in [2.45, 2.75) is 89.3 Å². The Morgan fingerprint density at radius 1 is 1.07 bits per heavy atom. The van der Waals surface area contributed by atoms with Crippen LogP contribution in [-0.2, 0) is 0 Å². The van der Waals surface area contributed by atoms with Gasteiger partial charge in [-0.2, -0.15) is 13.2 Å². The van der Waals surface area contributed by atoms with Gasteiger partial charge in [0.2, 0.25) is 0 Å². The number of rotatable bonds is 7.